The molecule has 1 fully saturated rings. The summed E-state index contributed by atoms with van der Waals surface area (Å²) >= 11 is 0. The van der Waals surface area contributed by atoms with Crippen LogP contribution >= 0.6 is 0 Å². The molecule has 0 amide bonds. The Balaban J connectivity index is 0.000000230. The predicted octanol–water partition coefficient (Wildman–Crippen LogP) is 14.5. The minimum absolute atomic E-state index is 0. The van der Waals surface area contributed by atoms with Gasteiger partial charge in [0.25, 0.3) is 0 Å². The summed E-state index contributed by atoms with van der Waals surface area (Å²) in [6.07, 6.45) is 5.17. The normalized spacial score (nSPS) is 18.4. The average Bonchev–Trinajstić information content (AvgIpc) is 3.65. The summed E-state index contributed by atoms with van der Waals surface area (Å²) < 4.78 is 86.2. The van der Waals surface area contributed by atoms with Gasteiger partial charge in [0.2, 0.25) is 0 Å². The van der Waals surface area contributed by atoms with Gasteiger partial charge >= 0.3 is 0 Å². The fourth-order valence-electron chi connectivity index (χ4n) is 7.65. The van der Waals surface area contributed by atoms with Crippen LogP contribution in [0.5, 0.6) is 0 Å². The van der Waals surface area contributed by atoms with Crippen molar-refractivity contribution in [3.05, 3.63) is 143 Å². The number of rotatable bonds is 4. The molecule has 1 aliphatic rings. The molecule has 0 saturated heterocycles. The van der Waals surface area contributed by atoms with Crippen molar-refractivity contribution in [1.29, 1.82) is 0 Å². The zero-order valence-corrected chi connectivity index (χ0v) is 34.9. The van der Waals surface area contributed by atoms with E-state index in [1.165, 1.54) is 18.5 Å². The van der Waals surface area contributed by atoms with Gasteiger partial charge in [-0.2, -0.15) is 0 Å². The summed E-state index contributed by atoms with van der Waals surface area (Å²) in [6, 6.07) is 34.6. The van der Waals surface area contributed by atoms with E-state index in [0.29, 0.717) is 39.2 Å². The van der Waals surface area contributed by atoms with Crippen LogP contribution in [0.4, 0.5) is 0 Å². The quantitative estimate of drug-likeness (QED) is 0.130. The number of nitrogens with zero attached hydrogens (tertiary/aromatic N) is 2. The molecule has 56 heavy (non-hydrogen) atoms. The second kappa shape index (κ2) is 15.7. The van der Waals surface area contributed by atoms with Gasteiger partial charge in [-0.05, 0) is 107 Å². The van der Waals surface area contributed by atoms with Gasteiger partial charge in [0.1, 0.15) is 5.58 Å². The fourth-order valence-corrected chi connectivity index (χ4v) is 7.65. The largest absolute Gasteiger partial charge is 0.500 e. The Morgan fingerprint density at radius 1 is 0.821 bits per heavy atom. The standard InChI is InChI=1S/C35H32NO.C17H20N.Ir/c1-21-19-31(36-20-22(21)2)30-10-6-9-28-29-14-12-24-11-13-26-25(23-15-17-35(3,4)18-16-23)7-5-8-27(26)32(24)34(29)37-33(28)30;1-13-5-8-15(9-6-13)16-10-7-14(12-18-16)11-17(2,3)4;/h5-9,11-14,19-20,23H,15-18H2,1-4H3;5-8,10,12H,11H2,1-4H3;/q2*-1;/i1D,2D3,23D;1D3,11D2;. The number of aromatic nitrogens is 2. The molecule has 3 nitrogen and oxygen atoms in total. The number of aryl methyl sites for hydroxylation is 3. The fraction of sp³-hybridized carbons (Fsp3) is 0.308. The van der Waals surface area contributed by atoms with Crippen molar-refractivity contribution in [2.75, 3.05) is 0 Å². The van der Waals surface area contributed by atoms with E-state index in [9.17, 15) is 1.37 Å². The first-order chi connectivity index (χ1) is 30.4. The molecule has 0 spiro atoms. The third-order valence-electron chi connectivity index (χ3n) is 10.6. The summed E-state index contributed by atoms with van der Waals surface area (Å²) in [6.45, 7) is 5.52. The van der Waals surface area contributed by atoms with E-state index in [1.807, 2.05) is 32.9 Å². The molecule has 0 unspecified atom stereocenters. The first-order valence-corrected chi connectivity index (χ1v) is 18.9. The van der Waals surface area contributed by atoms with Crippen LogP contribution in [-0.2, 0) is 26.5 Å². The molecule has 0 aliphatic heterocycles. The molecule has 0 atom stereocenters. The van der Waals surface area contributed by atoms with Crippen LogP contribution in [0.2, 0.25) is 0 Å². The molecule has 1 radical (unpaired) electrons. The van der Waals surface area contributed by atoms with Crippen molar-refractivity contribution in [1.82, 2.24) is 9.97 Å². The van der Waals surface area contributed by atoms with Gasteiger partial charge in [-0.3, -0.25) is 0 Å². The summed E-state index contributed by atoms with van der Waals surface area (Å²) in [5, 5.41) is 6.16. The topological polar surface area (TPSA) is 38.9 Å². The van der Waals surface area contributed by atoms with Crippen molar-refractivity contribution in [3.8, 4) is 22.5 Å². The van der Waals surface area contributed by atoms with Crippen LogP contribution < -0.4 is 0 Å². The number of benzene rings is 5. The van der Waals surface area contributed by atoms with E-state index < -0.39 is 31.4 Å². The van der Waals surface area contributed by atoms with Crippen LogP contribution in [0.25, 0.3) is 66.0 Å². The average molecular weight is 923 g/mol. The van der Waals surface area contributed by atoms with Crippen LogP contribution in [0.15, 0.2) is 108 Å². The van der Waals surface area contributed by atoms with Gasteiger partial charge in [-0.25, -0.2) is 0 Å². The van der Waals surface area contributed by atoms with E-state index in [1.54, 1.807) is 30.3 Å². The molecule has 9 rings (SSSR count). The maximum absolute atomic E-state index is 9.51. The number of hydrogen-bond acceptors (Lipinski definition) is 3. The van der Waals surface area contributed by atoms with Crippen molar-refractivity contribution in [2.45, 2.75) is 93.2 Å². The van der Waals surface area contributed by atoms with Gasteiger partial charge < -0.3 is 14.4 Å². The van der Waals surface area contributed by atoms with E-state index in [-0.39, 0.29) is 43.5 Å². The Kier molecular flexibility index (Phi) is 8.06. The Bertz CT molecular complexity index is 3050. The zero-order valence-electron chi connectivity index (χ0n) is 42.5. The second-order valence-corrected chi connectivity index (χ2v) is 16.5. The summed E-state index contributed by atoms with van der Waals surface area (Å²) in [7, 11) is 0. The first kappa shape index (κ1) is 28.7. The number of hydrogen-bond donors (Lipinski definition) is 0. The third-order valence-corrected chi connectivity index (χ3v) is 10.6. The van der Waals surface area contributed by atoms with Crippen molar-refractivity contribution < 1.29 is 38.2 Å². The number of fused-ring (bicyclic) bond motifs is 7. The minimum Gasteiger partial charge on any atom is -0.500 e. The summed E-state index contributed by atoms with van der Waals surface area (Å²) in [5.74, 6) is -0.616. The minimum atomic E-state index is -2.33. The molecule has 3 aromatic heterocycles. The predicted molar refractivity (Wildman–Crippen MR) is 232 cm³/mol. The smallest absolute Gasteiger partial charge is 0.129 e. The monoisotopic (exact) mass is 923 g/mol. The van der Waals surface area contributed by atoms with Gasteiger partial charge in [0.05, 0.1) is 5.58 Å². The molecular weight excluding hydrogens is 861 g/mol. The maximum Gasteiger partial charge on any atom is 0.129 e. The van der Waals surface area contributed by atoms with Gasteiger partial charge in [-0.15, -0.1) is 53.6 Å². The molecule has 1 saturated carbocycles. The first-order valence-electron chi connectivity index (χ1n) is 24.1. The third kappa shape index (κ3) is 8.11. The van der Waals surface area contributed by atoms with Gasteiger partial charge in [0, 0.05) is 57.0 Å². The van der Waals surface area contributed by atoms with Crippen LogP contribution in [-0.4, -0.2) is 9.97 Å². The maximum atomic E-state index is 9.51. The van der Waals surface area contributed by atoms with Gasteiger partial charge in [-0.1, -0.05) is 119 Å². The molecular formula is C52H52IrN2O-2. The van der Waals surface area contributed by atoms with Crippen molar-refractivity contribution in [2.24, 2.45) is 10.8 Å². The Hall–Kier alpha value is -4.63. The summed E-state index contributed by atoms with van der Waals surface area (Å²) in [5.41, 5.74) is 5.99. The van der Waals surface area contributed by atoms with Crippen LogP contribution in [0.3, 0.4) is 0 Å². The van der Waals surface area contributed by atoms with E-state index >= 15 is 0 Å². The number of pyridine rings is 2. The molecule has 1 aliphatic carbocycles. The second-order valence-electron chi connectivity index (χ2n) is 16.5. The van der Waals surface area contributed by atoms with Crippen LogP contribution in [0.1, 0.15) is 108 Å². The van der Waals surface area contributed by atoms with E-state index in [0.717, 1.165) is 69.1 Å². The summed E-state index contributed by atoms with van der Waals surface area (Å²) in [4.78, 5) is 8.79. The SMILES string of the molecule is [2H]C([2H])([2H])c1c[c-]c(-c2ccc(C([2H])([2H])C(C)(C)C)cn2)cc1.[2H]Cc1cc(-c2[c-]ccc3c2oc2c3ccc3ccc4c(C5([2H])CCC(C)(C)CC5)cccc4c32)ncc1C([2H])([2H])[2H].[Ir]. The zero-order chi connectivity index (χ0) is 46.9. The molecule has 0 bridgehead atoms. The van der Waals surface area contributed by atoms with Crippen LogP contribution in [0, 0.1) is 43.6 Å². The van der Waals surface area contributed by atoms with E-state index in [2.05, 4.69) is 78.4 Å². The molecule has 0 N–H and O–H groups in total. The molecule has 8 aromatic rings. The van der Waals surface area contributed by atoms with Crippen molar-refractivity contribution >= 4 is 43.5 Å². The Morgan fingerprint density at radius 2 is 1.61 bits per heavy atom. The Labute approximate surface area is 360 Å². The molecule has 287 valence electrons. The molecule has 5 aromatic carbocycles. The van der Waals surface area contributed by atoms with Gasteiger partial charge in [0.15, 0.2) is 0 Å². The molecule has 4 heteroatoms. The van der Waals surface area contributed by atoms with E-state index in [4.69, 9.17) is 16.8 Å². The van der Waals surface area contributed by atoms with Crippen molar-refractivity contribution in [3.63, 3.8) is 0 Å². The number of furan rings is 1. The molecule has 3 heterocycles. The Morgan fingerprint density at radius 3 is 2.30 bits per heavy atom.